The second kappa shape index (κ2) is 7.02. The Bertz CT molecular complexity index is 277. The molecule has 86 valence electrons. The van der Waals surface area contributed by atoms with Crippen molar-refractivity contribution in [1.29, 1.82) is 0 Å². The van der Waals surface area contributed by atoms with Gasteiger partial charge in [0.25, 0.3) is 0 Å². The minimum atomic E-state index is 0. The Kier molecular flexibility index (Phi) is 6.86. The molecule has 1 rings (SSSR count). The summed E-state index contributed by atoms with van der Waals surface area (Å²) in [5.74, 6) is 0. The molecule has 0 bridgehead atoms. The van der Waals surface area contributed by atoms with E-state index in [-0.39, 0.29) is 6.15 Å². The van der Waals surface area contributed by atoms with E-state index in [9.17, 15) is 0 Å². The maximum Gasteiger partial charge on any atom is 0.0285 e. The molecule has 0 spiro atoms. The molecule has 0 aromatic heterocycles. The molecule has 0 radical (unpaired) electrons. The smallest absolute Gasteiger partial charge is 0.0285 e. The van der Waals surface area contributed by atoms with Crippen LogP contribution in [-0.2, 0) is 24.6 Å². The minimum absolute atomic E-state index is 0. The highest BCUT2D eigenvalue weighted by molar-refractivity contribution is 9.08. The maximum atomic E-state index is 3.56. The molecule has 0 aliphatic rings. The van der Waals surface area contributed by atoms with Gasteiger partial charge < -0.3 is 6.15 Å². The highest BCUT2D eigenvalue weighted by Gasteiger charge is 2.08. The van der Waals surface area contributed by atoms with Crippen molar-refractivity contribution in [2.24, 2.45) is 0 Å². The van der Waals surface area contributed by atoms with Gasteiger partial charge in [-0.25, -0.2) is 0 Å². The van der Waals surface area contributed by atoms with Crippen LogP contribution in [0.5, 0.6) is 0 Å². The van der Waals surface area contributed by atoms with Gasteiger partial charge in [-0.1, -0.05) is 48.8 Å². The van der Waals surface area contributed by atoms with Crippen LogP contribution in [0.2, 0.25) is 0 Å². The largest absolute Gasteiger partial charge is 0.344 e. The molecule has 0 heterocycles. The molecule has 3 N–H and O–H groups in total. The Morgan fingerprint density at radius 3 is 1.73 bits per heavy atom. The van der Waals surface area contributed by atoms with Crippen LogP contribution in [0.4, 0.5) is 0 Å². The second-order valence-electron chi connectivity index (χ2n) is 3.54. The molecule has 0 fully saturated rings. The van der Waals surface area contributed by atoms with Crippen molar-refractivity contribution in [3.05, 3.63) is 34.4 Å². The van der Waals surface area contributed by atoms with Crippen LogP contribution in [0, 0.1) is 0 Å². The molecule has 0 aliphatic heterocycles. The van der Waals surface area contributed by atoms with Gasteiger partial charge in [-0.15, -0.1) is 0 Å². The third-order valence-electron chi connectivity index (χ3n) is 2.86. The second-order valence-corrected chi connectivity index (χ2v) is 4.10. The number of alkyl halides is 1. The number of rotatable bonds is 4. The van der Waals surface area contributed by atoms with Gasteiger partial charge in [0.1, 0.15) is 0 Å². The van der Waals surface area contributed by atoms with Crippen molar-refractivity contribution in [2.45, 2.75) is 45.4 Å². The van der Waals surface area contributed by atoms with Crippen LogP contribution >= 0.6 is 15.9 Å². The zero-order valence-electron chi connectivity index (χ0n) is 10.1. The van der Waals surface area contributed by atoms with E-state index in [0.717, 1.165) is 24.6 Å². The van der Waals surface area contributed by atoms with Gasteiger partial charge >= 0.3 is 0 Å². The Morgan fingerprint density at radius 2 is 1.33 bits per heavy atom. The summed E-state index contributed by atoms with van der Waals surface area (Å²) in [5.41, 5.74) is 6.12. The average Bonchev–Trinajstić information content (AvgIpc) is 2.26. The molecule has 0 amide bonds. The predicted octanol–water partition coefficient (Wildman–Crippen LogP) is 4.43. The van der Waals surface area contributed by atoms with E-state index in [4.69, 9.17) is 0 Å². The van der Waals surface area contributed by atoms with Crippen LogP contribution < -0.4 is 6.15 Å². The average molecular weight is 272 g/mol. The molecular weight excluding hydrogens is 250 g/mol. The van der Waals surface area contributed by atoms with Gasteiger partial charge in [-0.2, -0.15) is 0 Å². The zero-order valence-corrected chi connectivity index (χ0v) is 11.7. The van der Waals surface area contributed by atoms with Crippen LogP contribution in [-0.4, -0.2) is 0 Å². The van der Waals surface area contributed by atoms with Gasteiger partial charge in [0.05, 0.1) is 0 Å². The lowest BCUT2D eigenvalue weighted by molar-refractivity contribution is 0.966. The molecule has 0 saturated heterocycles. The van der Waals surface area contributed by atoms with Crippen molar-refractivity contribution in [3.8, 4) is 0 Å². The summed E-state index contributed by atoms with van der Waals surface area (Å²) in [5, 5.41) is 0.979. The fraction of sp³-hybridized carbons (Fsp3) is 0.538. The highest BCUT2D eigenvalue weighted by Crippen LogP contribution is 2.23. The van der Waals surface area contributed by atoms with Crippen molar-refractivity contribution in [2.75, 3.05) is 0 Å². The van der Waals surface area contributed by atoms with Gasteiger partial charge in [-0.3, -0.25) is 0 Å². The molecule has 0 atom stereocenters. The Balaban J connectivity index is 0.00000196. The topological polar surface area (TPSA) is 35.0 Å². The minimum Gasteiger partial charge on any atom is -0.344 e. The Labute approximate surface area is 102 Å². The molecule has 0 aliphatic carbocycles. The van der Waals surface area contributed by atoms with E-state index in [1.165, 1.54) is 11.1 Å². The first kappa shape index (κ1) is 14.7. The highest BCUT2D eigenvalue weighted by atomic mass is 79.9. The number of benzene rings is 1. The Hall–Kier alpha value is -0.340. The Morgan fingerprint density at radius 1 is 0.867 bits per heavy atom. The van der Waals surface area contributed by atoms with Crippen LogP contribution in [0.25, 0.3) is 0 Å². The lowest BCUT2D eigenvalue weighted by Gasteiger charge is -2.15. The van der Waals surface area contributed by atoms with E-state index in [2.05, 4.69) is 48.8 Å². The van der Waals surface area contributed by atoms with E-state index in [1.54, 1.807) is 11.1 Å². The van der Waals surface area contributed by atoms with E-state index >= 15 is 0 Å². The first-order valence-corrected chi connectivity index (χ1v) is 6.58. The van der Waals surface area contributed by atoms with Crippen LogP contribution in [0.15, 0.2) is 12.1 Å². The number of aryl methyl sites for hydroxylation is 1. The normalized spacial score (nSPS) is 9.87. The fourth-order valence-corrected chi connectivity index (χ4v) is 2.65. The summed E-state index contributed by atoms with van der Waals surface area (Å²) in [6.45, 7) is 6.74. The molecule has 1 aromatic carbocycles. The van der Waals surface area contributed by atoms with Gasteiger partial charge in [0.2, 0.25) is 0 Å². The van der Waals surface area contributed by atoms with Crippen molar-refractivity contribution in [3.63, 3.8) is 0 Å². The molecule has 0 unspecified atom stereocenters. The first-order chi connectivity index (χ1) is 6.78. The lowest BCUT2D eigenvalue weighted by atomic mass is 9.92. The summed E-state index contributed by atoms with van der Waals surface area (Å²) >= 11 is 3.56. The summed E-state index contributed by atoms with van der Waals surface area (Å²) in [4.78, 5) is 0. The third-order valence-corrected chi connectivity index (χ3v) is 3.46. The first-order valence-electron chi connectivity index (χ1n) is 5.46. The molecule has 0 saturated carbocycles. The third kappa shape index (κ3) is 3.05. The molecule has 15 heavy (non-hydrogen) atoms. The fourth-order valence-electron chi connectivity index (χ4n) is 2.13. The summed E-state index contributed by atoms with van der Waals surface area (Å²) < 4.78 is 0. The van der Waals surface area contributed by atoms with Gasteiger partial charge in [0, 0.05) is 5.33 Å². The van der Waals surface area contributed by atoms with Crippen molar-refractivity contribution in [1.82, 2.24) is 6.15 Å². The molecule has 2 heteroatoms. The zero-order chi connectivity index (χ0) is 10.6. The molecule has 1 aromatic rings. The van der Waals surface area contributed by atoms with Crippen LogP contribution in [0.1, 0.15) is 43.0 Å². The maximum absolute atomic E-state index is 3.56. The van der Waals surface area contributed by atoms with Gasteiger partial charge in [-0.05, 0) is 41.5 Å². The lowest BCUT2D eigenvalue weighted by Crippen LogP contribution is -2.01. The molecule has 1 nitrogen and oxygen atoms in total. The number of halogens is 1. The quantitative estimate of drug-likeness (QED) is 0.808. The standard InChI is InChI=1S/C13H19Br.H3N/c1-4-10-7-8-11(9-14)13(6-3)12(10)5-2;/h7-8H,4-6,9H2,1-3H3;1H3. The van der Waals surface area contributed by atoms with E-state index in [1.807, 2.05) is 0 Å². The van der Waals surface area contributed by atoms with Crippen LogP contribution in [0.3, 0.4) is 0 Å². The monoisotopic (exact) mass is 271 g/mol. The van der Waals surface area contributed by atoms with E-state index in [0.29, 0.717) is 0 Å². The summed E-state index contributed by atoms with van der Waals surface area (Å²) in [6, 6.07) is 4.56. The number of hydrogen-bond donors (Lipinski definition) is 1. The molecular formula is C13H22BrN. The number of hydrogen-bond acceptors (Lipinski definition) is 1. The SMILES string of the molecule is CCc1ccc(CBr)c(CC)c1CC.N. The van der Waals surface area contributed by atoms with Crippen molar-refractivity contribution < 1.29 is 0 Å². The summed E-state index contributed by atoms with van der Waals surface area (Å²) in [7, 11) is 0. The van der Waals surface area contributed by atoms with E-state index < -0.39 is 0 Å². The predicted molar refractivity (Wildman–Crippen MR) is 72.2 cm³/mol. The van der Waals surface area contributed by atoms with Gasteiger partial charge in [0.15, 0.2) is 0 Å². The van der Waals surface area contributed by atoms with Crippen molar-refractivity contribution >= 4 is 15.9 Å². The summed E-state index contributed by atoms with van der Waals surface area (Å²) in [6.07, 6.45) is 3.46.